The van der Waals surface area contributed by atoms with Gasteiger partial charge in [-0.3, -0.25) is 4.79 Å². The molecular weight excluding hydrogens is 240 g/mol. The van der Waals surface area contributed by atoms with Gasteiger partial charge in [0.1, 0.15) is 10.8 Å². The Hall–Kier alpha value is -1.13. The zero-order valence-electron chi connectivity index (χ0n) is 9.40. The number of nitrogens with zero attached hydrogens (tertiary/aromatic N) is 1. The van der Waals surface area contributed by atoms with E-state index in [0.29, 0.717) is 10.8 Å². The van der Waals surface area contributed by atoms with Crippen LogP contribution in [0.3, 0.4) is 0 Å². The highest BCUT2D eigenvalue weighted by atomic mass is 35.5. The second-order valence-corrected chi connectivity index (χ2v) is 4.71. The van der Waals surface area contributed by atoms with Crippen LogP contribution in [0.5, 0.6) is 0 Å². The number of hydrogen-bond donors (Lipinski definition) is 2. The van der Waals surface area contributed by atoms with Crippen LogP contribution in [0.25, 0.3) is 0 Å². The first kappa shape index (κ1) is 12.3. The van der Waals surface area contributed by atoms with Gasteiger partial charge in [-0.25, -0.2) is 4.98 Å². The summed E-state index contributed by atoms with van der Waals surface area (Å²) < 4.78 is 0. The summed E-state index contributed by atoms with van der Waals surface area (Å²) in [7, 11) is 0. The summed E-state index contributed by atoms with van der Waals surface area (Å²) in [5.41, 5.74) is 0.337. The van der Waals surface area contributed by atoms with E-state index in [4.69, 9.17) is 11.6 Å². The van der Waals surface area contributed by atoms with Gasteiger partial charge in [0.15, 0.2) is 0 Å². The predicted octanol–water partition coefficient (Wildman–Crippen LogP) is 1.77. The number of halogens is 1. The summed E-state index contributed by atoms with van der Waals surface area (Å²) in [6, 6.07) is 5.11. The minimum atomic E-state index is -0.215. The lowest BCUT2D eigenvalue weighted by Crippen LogP contribution is -2.38. The highest BCUT2D eigenvalue weighted by Crippen LogP contribution is 2.18. The molecule has 1 aliphatic rings. The number of rotatable bonds is 2. The minimum Gasteiger partial charge on any atom is -0.393 e. The Balaban J connectivity index is 1.93. The molecule has 0 unspecified atom stereocenters. The van der Waals surface area contributed by atoms with Crippen LogP contribution in [0.2, 0.25) is 5.15 Å². The van der Waals surface area contributed by atoms with Gasteiger partial charge in [-0.05, 0) is 37.8 Å². The molecule has 2 rings (SSSR count). The van der Waals surface area contributed by atoms with Crippen LogP contribution in [0.15, 0.2) is 18.2 Å². The van der Waals surface area contributed by atoms with Gasteiger partial charge >= 0.3 is 0 Å². The van der Waals surface area contributed by atoms with E-state index < -0.39 is 0 Å². The second-order valence-electron chi connectivity index (χ2n) is 4.32. The predicted molar refractivity (Wildman–Crippen MR) is 65.0 cm³/mol. The minimum absolute atomic E-state index is 0.131. The van der Waals surface area contributed by atoms with E-state index >= 15 is 0 Å². The van der Waals surface area contributed by atoms with E-state index in [2.05, 4.69) is 10.3 Å². The largest absolute Gasteiger partial charge is 0.393 e. The van der Waals surface area contributed by atoms with Crippen molar-refractivity contribution in [2.45, 2.75) is 37.8 Å². The average molecular weight is 255 g/mol. The molecule has 1 saturated carbocycles. The number of nitrogens with one attached hydrogen (secondary N) is 1. The van der Waals surface area contributed by atoms with Crippen LogP contribution in [0.1, 0.15) is 36.2 Å². The lowest BCUT2D eigenvalue weighted by molar-refractivity contribution is 0.0863. The fraction of sp³-hybridized carbons (Fsp3) is 0.500. The van der Waals surface area contributed by atoms with Crippen LogP contribution >= 0.6 is 11.6 Å². The van der Waals surface area contributed by atoms with Gasteiger partial charge in [-0.1, -0.05) is 17.7 Å². The first-order valence-electron chi connectivity index (χ1n) is 5.76. The molecule has 0 aromatic carbocycles. The summed E-state index contributed by atoms with van der Waals surface area (Å²) in [6.07, 6.45) is 2.90. The molecule has 2 N–H and O–H groups in total. The van der Waals surface area contributed by atoms with Crippen LogP contribution < -0.4 is 5.32 Å². The molecule has 1 amide bonds. The third-order valence-electron chi connectivity index (χ3n) is 2.98. The van der Waals surface area contributed by atoms with Crippen LogP contribution in [0, 0.1) is 0 Å². The molecule has 0 bridgehead atoms. The molecule has 5 heteroatoms. The summed E-state index contributed by atoms with van der Waals surface area (Å²) in [4.78, 5) is 15.8. The molecule has 0 spiro atoms. The Bertz CT molecular complexity index is 403. The average Bonchev–Trinajstić information content (AvgIpc) is 2.32. The zero-order valence-corrected chi connectivity index (χ0v) is 10.2. The van der Waals surface area contributed by atoms with E-state index in [1.54, 1.807) is 18.2 Å². The Kier molecular flexibility index (Phi) is 3.97. The molecule has 0 atom stereocenters. The van der Waals surface area contributed by atoms with Crippen molar-refractivity contribution in [1.29, 1.82) is 0 Å². The van der Waals surface area contributed by atoms with E-state index in [1.165, 1.54) is 0 Å². The molecule has 4 nitrogen and oxygen atoms in total. The number of hydrogen-bond acceptors (Lipinski definition) is 3. The molecule has 0 radical (unpaired) electrons. The van der Waals surface area contributed by atoms with Gasteiger partial charge in [0, 0.05) is 6.04 Å². The van der Waals surface area contributed by atoms with Crippen LogP contribution in [-0.2, 0) is 0 Å². The summed E-state index contributed by atoms with van der Waals surface area (Å²) >= 11 is 5.73. The van der Waals surface area contributed by atoms with Crippen molar-refractivity contribution in [2.75, 3.05) is 0 Å². The van der Waals surface area contributed by atoms with Crippen molar-refractivity contribution in [3.8, 4) is 0 Å². The van der Waals surface area contributed by atoms with Crippen LogP contribution in [-0.4, -0.2) is 28.1 Å². The molecule has 92 valence electrons. The summed E-state index contributed by atoms with van der Waals surface area (Å²) in [6.45, 7) is 0. The molecule has 1 heterocycles. The van der Waals surface area contributed by atoms with E-state index in [1.807, 2.05) is 0 Å². The lowest BCUT2D eigenvalue weighted by Gasteiger charge is -2.25. The van der Waals surface area contributed by atoms with E-state index in [0.717, 1.165) is 25.7 Å². The van der Waals surface area contributed by atoms with Crippen molar-refractivity contribution in [3.63, 3.8) is 0 Å². The third-order valence-corrected chi connectivity index (χ3v) is 3.19. The van der Waals surface area contributed by atoms with Gasteiger partial charge < -0.3 is 10.4 Å². The number of aliphatic hydroxyl groups is 1. The molecule has 1 aromatic rings. The standard InChI is InChI=1S/C12H15ClN2O2/c13-11-3-1-2-10(15-11)12(17)14-8-4-6-9(16)7-5-8/h1-3,8-9,16H,4-7H2,(H,14,17). The van der Waals surface area contributed by atoms with Crippen molar-refractivity contribution >= 4 is 17.5 Å². The van der Waals surface area contributed by atoms with Gasteiger partial charge in [0.25, 0.3) is 5.91 Å². The lowest BCUT2D eigenvalue weighted by atomic mass is 9.93. The highest BCUT2D eigenvalue weighted by Gasteiger charge is 2.21. The van der Waals surface area contributed by atoms with E-state index in [9.17, 15) is 9.90 Å². The first-order valence-corrected chi connectivity index (χ1v) is 6.14. The highest BCUT2D eigenvalue weighted by molar-refractivity contribution is 6.29. The van der Waals surface area contributed by atoms with Gasteiger partial charge in [-0.2, -0.15) is 0 Å². The molecule has 0 saturated heterocycles. The maximum absolute atomic E-state index is 11.9. The zero-order chi connectivity index (χ0) is 12.3. The monoisotopic (exact) mass is 254 g/mol. The first-order chi connectivity index (χ1) is 8.15. The number of aromatic nitrogens is 1. The SMILES string of the molecule is O=C(NC1CCC(O)CC1)c1cccc(Cl)n1. The van der Waals surface area contributed by atoms with Crippen molar-refractivity contribution in [3.05, 3.63) is 29.0 Å². The topological polar surface area (TPSA) is 62.2 Å². The molecule has 17 heavy (non-hydrogen) atoms. The maximum Gasteiger partial charge on any atom is 0.270 e. The van der Waals surface area contributed by atoms with Crippen molar-refractivity contribution in [2.24, 2.45) is 0 Å². The number of aliphatic hydroxyl groups excluding tert-OH is 1. The quantitative estimate of drug-likeness (QED) is 0.791. The van der Waals surface area contributed by atoms with Gasteiger partial charge in [0.05, 0.1) is 6.10 Å². The van der Waals surface area contributed by atoms with Crippen molar-refractivity contribution < 1.29 is 9.90 Å². The summed E-state index contributed by atoms with van der Waals surface area (Å²) in [5.74, 6) is -0.200. The fourth-order valence-electron chi connectivity index (χ4n) is 2.01. The van der Waals surface area contributed by atoms with Gasteiger partial charge in [0.2, 0.25) is 0 Å². The number of carbonyl (C=O) groups is 1. The number of pyridine rings is 1. The molecule has 1 aliphatic carbocycles. The molecule has 1 aromatic heterocycles. The Morgan fingerprint density at radius 2 is 2.06 bits per heavy atom. The molecule has 1 fully saturated rings. The maximum atomic E-state index is 11.9. The smallest absolute Gasteiger partial charge is 0.270 e. The fourth-order valence-corrected chi connectivity index (χ4v) is 2.18. The number of carbonyl (C=O) groups excluding carboxylic acids is 1. The third kappa shape index (κ3) is 3.41. The molecule has 0 aliphatic heterocycles. The Labute approximate surface area is 105 Å². The molecular formula is C12H15ClN2O2. The Morgan fingerprint density at radius 3 is 2.71 bits per heavy atom. The normalized spacial score (nSPS) is 24.4. The van der Waals surface area contributed by atoms with Crippen molar-refractivity contribution in [1.82, 2.24) is 10.3 Å². The van der Waals surface area contributed by atoms with Crippen LogP contribution in [0.4, 0.5) is 0 Å². The second kappa shape index (κ2) is 5.47. The van der Waals surface area contributed by atoms with E-state index in [-0.39, 0.29) is 18.1 Å². The van der Waals surface area contributed by atoms with Gasteiger partial charge in [-0.15, -0.1) is 0 Å². The summed E-state index contributed by atoms with van der Waals surface area (Å²) in [5, 5.41) is 12.6. The Morgan fingerprint density at radius 1 is 1.35 bits per heavy atom. The number of amides is 1.